The molecule has 0 fully saturated rings. The Balaban J connectivity index is 3.42. The Kier molecular flexibility index (Phi) is 5.31. The predicted molar refractivity (Wildman–Crippen MR) is 68.4 cm³/mol. The van der Waals surface area contributed by atoms with Crippen molar-refractivity contribution in [2.75, 3.05) is 20.2 Å². The summed E-state index contributed by atoms with van der Waals surface area (Å²) in [7, 11) is -3.03. The van der Waals surface area contributed by atoms with Gasteiger partial charge in [0.15, 0.2) is 0 Å². The van der Waals surface area contributed by atoms with Crippen LogP contribution in [0.1, 0.15) is 5.56 Å². The zero-order valence-corrected chi connectivity index (χ0v) is 12.4. The Bertz CT molecular complexity index is 581. The number of likely N-dealkylation sites (N-methyl/N-ethyl adjacent to an activating group) is 1. The number of sulfonamides is 1. The molecule has 1 aromatic rings. The Labute approximate surface area is 123 Å². The van der Waals surface area contributed by atoms with E-state index in [2.05, 4.69) is 0 Å². The van der Waals surface area contributed by atoms with E-state index in [1.165, 1.54) is 0 Å². The van der Waals surface area contributed by atoms with Gasteiger partial charge in [-0.1, -0.05) is 23.2 Å². The van der Waals surface area contributed by atoms with Gasteiger partial charge >= 0.3 is 6.18 Å². The largest absolute Gasteiger partial charge is 0.416 e. The van der Waals surface area contributed by atoms with Crippen LogP contribution >= 0.6 is 23.2 Å². The first-order chi connectivity index (χ1) is 9.01. The van der Waals surface area contributed by atoms with E-state index in [0.29, 0.717) is 12.1 Å². The molecule has 0 spiro atoms. The molecule has 0 aliphatic heterocycles. The van der Waals surface area contributed by atoms with Crippen molar-refractivity contribution in [1.82, 2.24) is 4.31 Å². The van der Waals surface area contributed by atoms with Gasteiger partial charge in [0.1, 0.15) is 4.90 Å². The van der Waals surface area contributed by atoms with Crippen LogP contribution in [0.2, 0.25) is 10.0 Å². The number of halogens is 5. The molecule has 0 aliphatic carbocycles. The van der Waals surface area contributed by atoms with Crippen LogP contribution in [0.25, 0.3) is 0 Å². The van der Waals surface area contributed by atoms with Gasteiger partial charge in [-0.3, -0.25) is 0 Å². The molecule has 20 heavy (non-hydrogen) atoms. The molecular weight excluding hydrogens is 342 g/mol. The smallest absolute Gasteiger partial charge is 0.395 e. The fourth-order valence-corrected chi connectivity index (χ4v) is 3.70. The molecule has 1 aromatic carbocycles. The molecule has 1 N–H and O–H groups in total. The molecule has 0 aliphatic rings. The number of benzene rings is 1. The lowest BCUT2D eigenvalue weighted by molar-refractivity contribution is -0.137. The summed E-state index contributed by atoms with van der Waals surface area (Å²) < 4.78 is 62.6. The van der Waals surface area contributed by atoms with Crippen molar-refractivity contribution in [2.24, 2.45) is 0 Å². The molecule has 0 heterocycles. The van der Waals surface area contributed by atoms with E-state index in [1.54, 1.807) is 0 Å². The Morgan fingerprint density at radius 1 is 1.25 bits per heavy atom. The van der Waals surface area contributed by atoms with Gasteiger partial charge in [-0.15, -0.1) is 0 Å². The summed E-state index contributed by atoms with van der Waals surface area (Å²) in [5.74, 6) is 0. The standard InChI is InChI=1S/C10H10Cl2F3NO3S/c1-16(2-3-17)20(18,19)9-7(11)4-6(5-8(9)12)10(13,14)15/h4-5,17H,2-3H2,1H3. The van der Waals surface area contributed by atoms with E-state index in [-0.39, 0.29) is 6.54 Å². The fourth-order valence-electron chi connectivity index (χ4n) is 1.39. The van der Waals surface area contributed by atoms with Gasteiger partial charge in [-0.2, -0.15) is 17.5 Å². The summed E-state index contributed by atoms with van der Waals surface area (Å²) in [6, 6.07) is 0.986. The number of hydrogen-bond donors (Lipinski definition) is 1. The summed E-state index contributed by atoms with van der Waals surface area (Å²) in [6.45, 7) is -0.693. The van der Waals surface area contributed by atoms with Gasteiger partial charge in [0, 0.05) is 13.6 Å². The number of hydrogen-bond acceptors (Lipinski definition) is 3. The average Bonchev–Trinajstić information content (AvgIpc) is 2.26. The second-order valence-corrected chi connectivity index (χ2v) is 6.61. The Morgan fingerprint density at radius 2 is 1.70 bits per heavy atom. The topological polar surface area (TPSA) is 57.6 Å². The van der Waals surface area contributed by atoms with Crippen LogP contribution in [0, 0.1) is 0 Å². The SMILES string of the molecule is CN(CCO)S(=O)(=O)c1c(Cl)cc(C(F)(F)F)cc1Cl. The van der Waals surface area contributed by atoms with Crippen LogP contribution in [-0.4, -0.2) is 38.0 Å². The molecule has 1 rings (SSSR count). The van der Waals surface area contributed by atoms with Crippen molar-refractivity contribution in [3.05, 3.63) is 27.7 Å². The highest BCUT2D eigenvalue weighted by molar-refractivity contribution is 7.89. The maximum Gasteiger partial charge on any atom is 0.416 e. The molecule has 114 valence electrons. The summed E-state index contributed by atoms with van der Waals surface area (Å²) in [5, 5.41) is 7.46. The van der Waals surface area contributed by atoms with Gasteiger partial charge in [-0.25, -0.2) is 8.42 Å². The van der Waals surface area contributed by atoms with E-state index in [4.69, 9.17) is 28.3 Å². The molecule has 0 aromatic heterocycles. The number of alkyl halides is 3. The average molecular weight is 352 g/mol. The first kappa shape index (κ1) is 17.5. The summed E-state index contributed by atoms with van der Waals surface area (Å²) in [5.41, 5.74) is -1.14. The van der Waals surface area contributed by atoms with Crippen molar-refractivity contribution in [3.8, 4) is 0 Å². The van der Waals surface area contributed by atoms with E-state index in [1.807, 2.05) is 0 Å². The first-order valence-corrected chi connectivity index (χ1v) is 7.35. The van der Waals surface area contributed by atoms with Gasteiger partial charge in [0.2, 0.25) is 10.0 Å². The van der Waals surface area contributed by atoms with E-state index >= 15 is 0 Å². The normalized spacial score (nSPS) is 13.0. The Morgan fingerprint density at radius 3 is 2.05 bits per heavy atom. The molecule has 0 unspecified atom stereocenters. The maximum absolute atomic E-state index is 12.5. The van der Waals surface area contributed by atoms with Gasteiger partial charge < -0.3 is 5.11 Å². The van der Waals surface area contributed by atoms with Crippen molar-refractivity contribution in [2.45, 2.75) is 11.1 Å². The zero-order valence-electron chi connectivity index (χ0n) is 10.1. The minimum atomic E-state index is -4.69. The first-order valence-electron chi connectivity index (χ1n) is 5.15. The third kappa shape index (κ3) is 3.56. The van der Waals surface area contributed by atoms with Gasteiger partial charge in [-0.05, 0) is 12.1 Å². The van der Waals surface area contributed by atoms with Crippen LogP contribution in [-0.2, 0) is 16.2 Å². The van der Waals surface area contributed by atoms with Crippen LogP contribution in [0.3, 0.4) is 0 Å². The van der Waals surface area contributed by atoms with Crippen molar-refractivity contribution in [3.63, 3.8) is 0 Å². The van der Waals surface area contributed by atoms with Crippen LogP contribution < -0.4 is 0 Å². The summed E-state index contributed by atoms with van der Waals surface area (Å²) >= 11 is 11.2. The van der Waals surface area contributed by atoms with Crippen molar-refractivity contribution >= 4 is 33.2 Å². The molecule has 0 atom stereocenters. The molecule has 0 radical (unpaired) electrons. The molecule has 0 saturated carbocycles. The molecule has 0 amide bonds. The lowest BCUT2D eigenvalue weighted by Crippen LogP contribution is -2.30. The third-order valence-electron chi connectivity index (χ3n) is 2.41. The highest BCUT2D eigenvalue weighted by Crippen LogP contribution is 2.38. The summed E-state index contributed by atoms with van der Waals surface area (Å²) in [4.78, 5) is -0.621. The van der Waals surface area contributed by atoms with E-state index in [0.717, 1.165) is 11.4 Å². The summed E-state index contributed by atoms with van der Waals surface area (Å²) in [6.07, 6.45) is -4.69. The fraction of sp³-hybridized carbons (Fsp3) is 0.400. The number of aliphatic hydroxyl groups is 1. The number of nitrogens with zero attached hydrogens (tertiary/aromatic N) is 1. The predicted octanol–water partition coefficient (Wildman–Crippen LogP) is 2.63. The molecule has 10 heteroatoms. The van der Waals surface area contributed by atoms with Gasteiger partial charge in [0.25, 0.3) is 0 Å². The highest BCUT2D eigenvalue weighted by atomic mass is 35.5. The molecular formula is C10H10Cl2F3NO3S. The monoisotopic (exact) mass is 351 g/mol. The molecule has 0 saturated heterocycles. The van der Waals surface area contributed by atoms with E-state index in [9.17, 15) is 21.6 Å². The maximum atomic E-state index is 12.5. The lowest BCUT2D eigenvalue weighted by atomic mass is 10.2. The van der Waals surface area contributed by atoms with Crippen LogP contribution in [0.15, 0.2) is 17.0 Å². The second-order valence-electron chi connectivity index (χ2n) is 3.82. The Hall–Kier alpha value is -0.540. The third-order valence-corrected chi connectivity index (χ3v) is 5.19. The van der Waals surface area contributed by atoms with Gasteiger partial charge in [0.05, 0.1) is 22.2 Å². The minimum absolute atomic E-state index is 0.240. The van der Waals surface area contributed by atoms with Crippen molar-refractivity contribution in [1.29, 1.82) is 0 Å². The molecule has 4 nitrogen and oxygen atoms in total. The number of rotatable bonds is 4. The number of aliphatic hydroxyl groups excluding tert-OH is 1. The van der Waals surface area contributed by atoms with Crippen LogP contribution in [0.4, 0.5) is 13.2 Å². The zero-order chi connectivity index (χ0) is 15.7. The molecule has 0 bridgehead atoms. The van der Waals surface area contributed by atoms with Crippen LogP contribution in [0.5, 0.6) is 0 Å². The van der Waals surface area contributed by atoms with E-state index < -0.39 is 43.3 Å². The quantitative estimate of drug-likeness (QED) is 0.906. The highest BCUT2D eigenvalue weighted by Gasteiger charge is 2.34. The van der Waals surface area contributed by atoms with Crippen molar-refractivity contribution < 1.29 is 26.7 Å². The minimum Gasteiger partial charge on any atom is -0.395 e. The lowest BCUT2D eigenvalue weighted by Gasteiger charge is -2.18. The second kappa shape index (κ2) is 6.07.